The number of nitrogens with two attached hydrogens (primary N) is 1. The molecule has 138 valence electrons. The van der Waals surface area contributed by atoms with Gasteiger partial charge in [0.15, 0.2) is 0 Å². The first kappa shape index (κ1) is 18.2. The maximum Gasteiger partial charge on any atom is 0.573 e. The number of benzene rings is 2. The lowest BCUT2D eigenvalue weighted by atomic mass is 10.1. The van der Waals surface area contributed by atoms with Crippen LogP contribution >= 0.6 is 0 Å². The van der Waals surface area contributed by atoms with E-state index in [9.17, 15) is 18.0 Å². The van der Waals surface area contributed by atoms with E-state index in [1.54, 1.807) is 24.3 Å². The standard InChI is InChI=1S/C18H12F3N3O3/c19-18(20,21)27-14-6-4-13(5-7-14)26-16-9-15(23-10-24-16)11-2-1-3-12(8-11)17(22)25/h1-10H,(H2,22,25). The van der Waals surface area contributed by atoms with E-state index in [1.165, 1.54) is 24.5 Å². The molecule has 0 aliphatic heterocycles. The Bertz CT molecular complexity index is 960. The largest absolute Gasteiger partial charge is 0.573 e. The summed E-state index contributed by atoms with van der Waals surface area (Å²) in [6.07, 6.45) is -3.49. The maximum absolute atomic E-state index is 12.2. The quantitative estimate of drug-likeness (QED) is 0.730. The van der Waals surface area contributed by atoms with Crippen molar-refractivity contribution in [1.82, 2.24) is 9.97 Å². The molecular weight excluding hydrogens is 363 g/mol. The van der Waals surface area contributed by atoms with E-state index < -0.39 is 12.3 Å². The number of hydrogen-bond acceptors (Lipinski definition) is 5. The fourth-order valence-electron chi connectivity index (χ4n) is 2.22. The fourth-order valence-corrected chi connectivity index (χ4v) is 2.22. The summed E-state index contributed by atoms with van der Waals surface area (Å²) in [7, 11) is 0. The molecule has 0 fully saturated rings. The lowest BCUT2D eigenvalue weighted by Crippen LogP contribution is -2.16. The summed E-state index contributed by atoms with van der Waals surface area (Å²) < 4.78 is 45.8. The Hall–Kier alpha value is -3.62. The zero-order chi connectivity index (χ0) is 19.4. The molecule has 0 saturated carbocycles. The number of rotatable bonds is 5. The first-order valence-corrected chi connectivity index (χ1v) is 7.56. The van der Waals surface area contributed by atoms with Crippen LogP contribution in [0.3, 0.4) is 0 Å². The number of primary amides is 1. The molecular formula is C18H12F3N3O3. The smallest absolute Gasteiger partial charge is 0.439 e. The molecule has 0 unspecified atom stereocenters. The Kier molecular flexibility index (Phi) is 4.93. The molecule has 3 rings (SSSR count). The van der Waals surface area contributed by atoms with Crippen LogP contribution in [0.1, 0.15) is 10.4 Å². The Morgan fingerprint density at radius 3 is 2.33 bits per heavy atom. The van der Waals surface area contributed by atoms with Gasteiger partial charge in [-0.1, -0.05) is 12.1 Å². The van der Waals surface area contributed by atoms with Gasteiger partial charge in [-0.15, -0.1) is 13.2 Å². The second kappa shape index (κ2) is 7.32. The van der Waals surface area contributed by atoms with Gasteiger partial charge in [0.05, 0.1) is 5.69 Å². The van der Waals surface area contributed by atoms with Crippen molar-refractivity contribution in [3.05, 3.63) is 66.5 Å². The van der Waals surface area contributed by atoms with Crippen LogP contribution in [0.15, 0.2) is 60.9 Å². The third kappa shape index (κ3) is 4.94. The van der Waals surface area contributed by atoms with Gasteiger partial charge in [-0.3, -0.25) is 4.79 Å². The van der Waals surface area contributed by atoms with E-state index in [4.69, 9.17) is 10.5 Å². The van der Waals surface area contributed by atoms with Crippen molar-refractivity contribution in [3.63, 3.8) is 0 Å². The van der Waals surface area contributed by atoms with Gasteiger partial charge in [0, 0.05) is 17.2 Å². The van der Waals surface area contributed by atoms with Crippen LogP contribution in [0.4, 0.5) is 13.2 Å². The van der Waals surface area contributed by atoms with Crippen LogP contribution in [0.5, 0.6) is 17.4 Å². The molecule has 0 atom stereocenters. The Labute approximate surface area is 151 Å². The number of carbonyl (C=O) groups excluding carboxylic acids is 1. The number of ether oxygens (including phenoxy) is 2. The van der Waals surface area contributed by atoms with Crippen molar-refractivity contribution in [3.8, 4) is 28.6 Å². The topological polar surface area (TPSA) is 87.3 Å². The van der Waals surface area contributed by atoms with Crippen molar-refractivity contribution in [1.29, 1.82) is 0 Å². The molecule has 27 heavy (non-hydrogen) atoms. The van der Waals surface area contributed by atoms with Crippen molar-refractivity contribution in [2.75, 3.05) is 0 Å². The molecule has 1 aromatic heterocycles. The van der Waals surface area contributed by atoms with Gasteiger partial charge in [-0.2, -0.15) is 0 Å². The summed E-state index contributed by atoms with van der Waals surface area (Å²) in [5.41, 5.74) is 6.71. The van der Waals surface area contributed by atoms with E-state index >= 15 is 0 Å². The molecule has 2 N–H and O–H groups in total. The van der Waals surface area contributed by atoms with Gasteiger partial charge in [-0.25, -0.2) is 9.97 Å². The highest BCUT2D eigenvalue weighted by molar-refractivity contribution is 5.94. The molecule has 9 heteroatoms. The second-order valence-electron chi connectivity index (χ2n) is 5.31. The molecule has 1 heterocycles. The van der Waals surface area contributed by atoms with Crippen LogP contribution in [0.25, 0.3) is 11.3 Å². The van der Waals surface area contributed by atoms with Crippen molar-refractivity contribution in [2.24, 2.45) is 5.73 Å². The minimum absolute atomic E-state index is 0.175. The molecule has 0 radical (unpaired) electrons. The molecule has 6 nitrogen and oxygen atoms in total. The van der Waals surface area contributed by atoms with Gasteiger partial charge in [-0.05, 0) is 36.4 Å². The molecule has 0 bridgehead atoms. The number of halogens is 3. The van der Waals surface area contributed by atoms with E-state index in [0.29, 0.717) is 16.8 Å². The van der Waals surface area contributed by atoms with Crippen LogP contribution in [-0.2, 0) is 0 Å². The minimum atomic E-state index is -4.76. The SMILES string of the molecule is NC(=O)c1cccc(-c2cc(Oc3ccc(OC(F)(F)F)cc3)ncn2)c1. The van der Waals surface area contributed by atoms with Crippen LogP contribution in [-0.4, -0.2) is 22.2 Å². The zero-order valence-corrected chi connectivity index (χ0v) is 13.6. The summed E-state index contributed by atoms with van der Waals surface area (Å²) in [5, 5.41) is 0. The fraction of sp³-hybridized carbons (Fsp3) is 0.0556. The van der Waals surface area contributed by atoms with E-state index in [0.717, 1.165) is 12.1 Å². The normalized spacial score (nSPS) is 11.1. The number of hydrogen-bond donors (Lipinski definition) is 1. The predicted octanol–water partition coefficient (Wildman–Crippen LogP) is 3.93. The highest BCUT2D eigenvalue weighted by atomic mass is 19.4. The maximum atomic E-state index is 12.2. The third-order valence-corrected chi connectivity index (χ3v) is 3.36. The van der Waals surface area contributed by atoms with Crippen LogP contribution in [0, 0.1) is 0 Å². The highest BCUT2D eigenvalue weighted by Crippen LogP contribution is 2.28. The molecule has 1 amide bonds. The van der Waals surface area contributed by atoms with E-state index in [2.05, 4.69) is 14.7 Å². The predicted molar refractivity (Wildman–Crippen MR) is 89.2 cm³/mol. The summed E-state index contributed by atoms with van der Waals surface area (Å²) in [6, 6.07) is 13.0. The van der Waals surface area contributed by atoms with Crippen molar-refractivity contribution < 1.29 is 27.4 Å². The number of aromatic nitrogens is 2. The molecule has 0 spiro atoms. The zero-order valence-electron chi connectivity index (χ0n) is 13.6. The van der Waals surface area contributed by atoms with Gasteiger partial charge < -0.3 is 15.2 Å². The van der Waals surface area contributed by atoms with Crippen molar-refractivity contribution >= 4 is 5.91 Å². The third-order valence-electron chi connectivity index (χ3n) is 3.36. The summed E-state index contributed by atoms with van der Waals surface area (Å²) in [6.45, 7) is 0. The first-order valence-electron chi connectivity index (χ1n) is 7.56. The molecule has 2 aromatic carbocycles. The monoisotopic (exact) mass is 375 g/mol. The Morgan fingerprint density at radius 1 is 0.963 bits per heavy atom. The van der Waals surface area contributed by atoms with E-state index in [-0.39, 0.29) is 17.4 Å². The number of nitrogens with zero attached hydrogens (tertiary/aromatic N) is 2. The van der Waals surface area contributed by atoms with Gasteiger partial charge >= 0.3 is 6.36 Å². The van der Waals surface area contributed by atoms with Gasteiger partial charge in [0.25, 0.3) is 0 Å². The number of carbonyl (C=O) groups is 1. The molecule has 0 aliphatic carbocycles. The molecule has 3 aromatic rings. The van der Waals surface area contributed by atoms with E-state index in [1.807, 2.05) is 0 Å². The van der Waals surface area contributed by atoms with Gasteiger partial charge in [0.2, 0.25) is 11.8 Å². The lowest BCUT2D eigenvalue weighted by molar-refractivity contribution is -0.274. The molecule has 0 aliphatic rings. The van der Waals surface area contributed by atoms with Crippen LogP contribution < -0.4 is 15.2 Å². The number of amides is 1. The summed E-state index contributed by atoms with van der Waals surface area (Å²) >= 11 is 0. The lowest BCUT2D eigenvalue weighted by Gasteiger charge is -2.10. The van der Waals surface area contributed by atoms with Crippen LogP contribution in [0.2, 0.25) is 0 Å². The summed E-state index contributed by atoms with van der Waals surface area (Å²) in [4.78, 5) is 19.4. The minimum Gasteiger partial charge on any atom is -0.439 e. The number of alkyl halides is 3. The Balaban J connectivity index is 1.78. The summed E-state index contributed by atoms with van der Waals surface area (Å²) in [5.74, 6) is -0.487. The first-order chi connectivity index (χ1) is 12.8. The van der Waals surface area contributed by atoms with Gasteiger partial charge in [0.1, 0.15) is 17.8 Å². The Morgan fingerprint density at radius 2 is 1.67 bits per heavy atom. The highest BCUT2D eigenvalue weighted by Gasteiger charge is 2.30. The second-order valence-corrected chi connectivity index (χ2v) is 5.31. The molecule has 0 saturated heterocycles. The van der Waals surface area contributed by atoms with Crippen molar-refractivity contribution in [2.45, 2.75) is 6.36 Å². The average Bonchev–Trinajstić information content (AvgIpc) is 2.62. The average molecular weight is 375 g/mol.